The Balaban J connectivity index is 0.000000626. The summed E-state index contributed by atoms with van der Waals surface area (Å²) < 4.78 is 11.6. The molecule has 1 aromatic carbocycles. The first-order valence-electron chi connectivity index (χ1n) is 6.43. The van der Waals surface area contributed by atoms with Crippen molar-refractivity contribution in [3.63, 3.8) is 0 Å². The summed E-state index contributed by atoms with van der Waals surface area (Å²) in [6.45, 7) is 5.12. The van der Waals surface area contributed by atoms with Crippen molar-refractivity contribution in [1.29, 1.82) is 0 Å². The van der Waals surface area contributed by atoms with Gasteiger partial charge in [0.15, 0.2) is 0 Å². The molecular weight excluding hydrogens is 358 g/mol. The second-order valence-corrected chi connectivity index (χ2v) is 4.99. The lowest BCUT2D eigenvalue weighted by Gasteiger charge is -2.09. The van der Waals surface area contributed by atoms with Crippen molar-refractivity contribution >= 4 is 27.9 Å². The molecule has 0 aliphatic rings. The summed E-state index contributed by atoms with van der Waals surface area (Å²) in [5.41, 5.74) is 1.22. The Kier molecular flexibility index (Phi) is 11.1. The molecule has 0 spiro atoms. The number of nitrogens with one attached hydrogen (secondary N) is 1. The molecule has 0 saturated heterocycles. The molecule has 8 heteroatoms. The zero-order valence-electron chi connectivity index (χ0n) is 12.5. The minimum absolute atomic E-state index is 0.658. The Labute approximate surface area is 137 Å². The zero-order chi connectivity index (χ0) is 17.0. The van der Waals surface area contributed by atoms with Crippen LogP contribution in [0.5, 0.6) is 5.75 Å². The van der Waals surface area contributed by atoms with E-state index in [2.05, 4.69) is 28.2 Å². The summed E-state index contributed by atoms with van der Waals surface area (Å²) >= 11 is 3.48. The smallest absolute Gasteiger partial charge is 0.414 e. The first kappa shape index (κ1) is 20.4. The van der Waals surface area contributed by atoms with Crippen LogP contribution in [-0.2, 0) is 14.3 Å². The van der Waals surface area contributed by atoms with Gasteiger partial charge in [0.2, 0.25) is 0 Å². The quantitative estimate of drug-likeness (QED) is 0.488. The van der Waals surface area contributed by atoms with Crippen LogP contribution in [0.4, 0.5) is 0 Å². The van der Waals surface area contributed by atoms with Crippen LogP contribution in [0.15, 0.2) is 22.7 Å². The fourth-order valence-electron chi connectivity index (χ4n) is 1.26. The number of rotatable bonds is 7. The lowest BCUT2D eigenvalue weighted by atomic mass is 10.2. The Bertz CT molecular complexity index is 468. The fraction of sp³-hybridized carbons (Fsp3) is 0.429. The number of halogens is 1. The number of aryl methyl sites for hydroxylation is 1. The van der Waals surface area contributed by atoms with Crippen molar-refractivity contribution in [2.24, 2.45) is 0 Å². The van der Waals surface area contributed by atoms with Gasteiger partial charge in [-0.25, -0.2) is 9.59 Å². The minimum Gasteiger partial charge on any atom is -0.491 e. The third kappa shape index (κ3) is 10.1. The van der Waals surface area contributed by atoms with Gasteiger partial charge in [-0.05, 0) is 40.5 Å². The predicted octanol–water partition coefficient (Wildman–Crippen LogP) is 1.53. The maximum Gasteiger partial charge on any atom is 0.414 e. The van der Waals surface area contributed by atoms with Crippen molar-refractivity contribution in [2.75, 3.05) is 33.4 Å². The number of aliphatic carboxylic acids is 2. The normalized spacial score (nSPS) is 9.59. The summed E-state index contributed by atoms with van der Waals surface area (Å²) in [4.78, 5) is 18.2. The van der Waals surface area contributed by atoms with Crippen LogP contribution >= 0.6 is 15.9 Å². The van der Waals surface area contributed by atoms with Gasteiger partial charge in [0.1, 0.15) is 12.4 Å². The monoisotopic (exact) mass is 377 g/mol. The first-order chi connectivity index (χ1) is 10.4. The molecular formula is C14H20BrNO6. The topological polar surface area (TPSA) is 105 Å². The highest BCUT2D eigenvalue weighted by Gasteiger charge is 2.04. The van der Waals surface area contributed by atoms with Crippen molar-refractivity contribution in [3.8, 4) is 5.75 Å². The van der Waals surface area contributed by atoms with Crippen LogP contribution in [0.3, 0.4) is 0 Å². The molecule has 0 heterocycles. The number of benzene rings is 1. The molecule has 0 radical (unpaired) electrons. The lowest BCUT2D eigenvalue weighted by Crippen LogP contribution is -2.24. The summed E-state index contributed by atoms with van der Waals surface area (Å²) in [5, 5.41) is 18.0. The molecule has 0 aliphatic carbocycles. The highest BCUT2D eigenvalue weighted by molar-refractivity contribution is 9.10. The van der Waals surface area contributed by atoms with Crippen molar-refractivity contribution in [2.45, 2.75) is 6.92 Å². The van der Waals surface area contributed by atoms with Crippen LogP contribution in [0.1, 0.15) is 5.56 Å². The molecule has 0 saturated carbocycles. The molecule has 0 atom stereocenters. The molecule has 0 aliphatic heterocycles. The van der Waals surface area contributed by atoms with Crippen LogP contribution < -0.4 is 10.1 Å². The molecule has 22 heavy (non-hydrogen) atoms. The average molecular weight is 378 g/mol. The molecule has 0 aromatic heterocycles. The standard InChI is InChI=1S/C12H18BrNO2.C2H2O4/c1-10-3-4-12(11(13)9-10)16-8-6-14-5-7-15-2;3-1(4)2(5)6/h3-4,9,14H,5-8H2,1-2H3;(H,3,4)(H,5,6). The molecule has 124 valence electrons. The van der Waals surface area contributed by atoms with E-state index < -0.39 is 11.9 Å². The van der Waals surface area contributed by atoms with Gasteiger partial charge in [-0.2, -0.15) is 0 Å². The number of methoxy groups -OCH3 is 1. The van der Waals surface area contributed by atoms with Crippen LogP contribution in [-0.4, -0.2) is 55.6 Å². The molecule has 7 nitrogen and oxygen atoms in total. The van der Waals surface area contributed by atoms with E-state index in [9.17, 15) is 0 Å². The van der Waals surface area contributed by atoms with Gasteiger partial charge >= 0.3 is 11.9 Å². The van der Waals surface area contributed by atoms with Gasteiger partial charge in [-0.3, -0.25) is 0 Å². The molecule has 3 N–H and O–H groups in total. The SMILES string of the molecule is COCCNCCOc1ccc(C)cc1Br.O=C(O)C(=O)O. The Hall–Kier alpha value is -1.64. The number of carbonyl (C=O) groups is 2. The molecule has 0 amide bonds. The average Bonchev–Trinajstić information content (AvgIpc) is 2.45. The highest BCUT2D eigenvalue weighted by atomic mass is 79.9. The van der Waals surface area contributed by atoms with Gasteiger partial charge < -0.3 is 25.0 Å². The maximum atomic E-state index is 9.10. The second-order valence-electron chi connectivity index (χ2n) is 4.14. The number of hydrogen-bond acceptors (Lipinski definition) is 5. The summed E-state index contributed by atoms with van der Waals surface area (Å²) in [6.07, 6.45) is 0. The van der Waals surface area contributed by atoms with E-state index in [1.165, 1.54) is 5.56 Å². The summed E-state index contributed by atoms with van der Waals surface area (Å²) in [6, 6.07) is 6.07. The van der Waals surface area contributed by atoms with Gasteiger partial charge in [0.05, 0.1) is 11.1 Å². The third-order valence-electron chi connectivity index (χ3n) is 2.29. The Morgan fingerprint density at radius 2 is 1.77 bits per heavy atom. The van der Waals surface area contributed by atoms with E-state index in [4.69, 9.17) is 29.3 Å². The summed E-state index contributed by atoms with van der Waals surface area (Å²) in [5.74, 6) is -2.76. The number of hydrogen-bond donors (Lipinski definition) is 3. The van der Waals surface area contributed by atoms with Crippen LogP contribution in [0.2, 0.25) is 0 Å². The van der Waals surface area contributed by atoms with Crippen LogP contribution in [0.25, 0.3) is 0 Å². The highest BCUT2D eigenvalue weighted by Crippen LogP contribution is 2.25. The largest absolute Gasteiger partial charge is 0.491 e. The van der Waals surface area contributed by atoms with Crippen LogP contribution in [0, 0.1) is 6.92 Å². The number of ether oxygens (including phenoxy) is 2. The van der Waals surface area contributed by atoms with E-state index in [0.717, 1.165) is 29.9 Å². The number of carboxylic acid groups (broad SMARTS) is 2. The van der Waals surface area contributed by atoms with E-state index in [-0.39, 0.29) is 0 Å². The summed E-state index contributed by atoms with van der Waals surface area (Å²) in [7, 11) is 1.70. The van der Waals surface area contributed by atoms with E-state index in [1.807, 2.05) is 18.2 Å². The van der Waals surface area contributed by atoms with E-state index in [1.54, 1.807) is 7.11 Å². The number of carboxylic acids is 2. The van der Waals surface area contributed by atoms with Gasteiger partial charge in [-0.1, -0.05) is 6.07 Å². The lowest BCUT2D eigenvalue weighted by molar-refractivity contribution is -0.159. The Morgan fingerprint density at radius 1 is 1.18 bits per heavy atom. The predicted molar refractivity (Wildman–Crippen MR) is 84.4 cm³/mol. The van der Waals surface area contributed by atoms with Gasteiger partial charge in [0.25, 0.3) is 0 Å². The molecule has 0 unspecified atom stereocenters. The molecule has 1 rings (SSSR count). The minimum atomic E-state index is -1.82. The Morgan fingerprint density at radius 3 is 2.27 bits per heavy atom. The first-order valence-corrected chi connectivity index (χ1v) is 7.22. The van der Waals surface area contributed by atoms with Crippen molar-refractivity contribution < 1.29 is 29.3 Å². The van der Waals surface area contributed by atoms with Gasteiger partial charge in [-0.15, -0.1) is 0 Å². The molecule has 1 aromatic rings. The van der Waals surface area contributed by atoms with Gasteiger partial charge in [0, 0.05) is 20.2 Å². The van der Waals surface area contributed by atoms with Crippen molar-refractivity contribution in [1.82, 2.24) is 5.32 Å². The van der Waals surface area contributed by atoms with Crippen molar-refractivity contribution in [3.05, 3.63) is 28.2 Å². The van der Waals surface area contributed by atoms with E-state index in [0.29, 0.717) is 6.61 Å². The molecule has 0 bridgehead atoms. The zero-order valence-corrected chi connectivity index (χ0v) is 14.1. The fourth-order valence-corrected chi connectivity index (χ4v) is 1.86. The van der Waals surface area contributed by atoms with E-state index >= 15 is 0 Å². The second kappa shape index (κ2) is 12.0. The maximum absolute atomic E-state index is 9.10. The molecule has 0 fully saturated rings. The third-order valence-corrected chi connectivity index (χ3v) is 2.91.